The Balaban J connectivity index is 1.71. The first-order valence-electron chi connectivity index (χ1n) is 11.8. The van der Waals surface area contributed by atoms with Gasteiger partial charge in [0.15, 0.2) is 5.78 Å². The molecule has 0 aliphatic heterocycles. The van der Waals surface area contributed by atoms with E-state index in [0.717, 1.165) is 29.5 Å². The SMILES string of the molecule is COC(C)(C)C#Cc1nc(Cl)n(Cc2ccc(C)cc2)c1C(=O)CC1(c2ccc(C(=O)O)cc2)CC1. The van der Waals surface area contributed by atoms with Crippen LogP contribution in [0.15, 0.2) is 48.5 Å². The highest BCUT2D eigenvalue weighted by Crippen LogP contribution is 2.51. The van der Waals surface area contributed by atoms with Crippen molar-refractivity contribution in [2.45, 2.75) is 57.6 Å². The quantitative estimate of drug-likeness (QED) is 0.315. The van der Waals surface area contributed by atoms with Gasteiger partial charge in [-0.1, -0.05) is 47.9 Å². The van der Waals surface area contributed by atoms with E-state index in [9.17, 15) is 14.7 Å². The van der Waals surface area contributed by atoms with Crippen LogP contribution in [0.1, 0.15) is 76.3 Å². The Kier molecular flexibility index (Phi) is 7.08. The molecule has 0 unspecified atom stereocenters. The average Bonchev–Trinajstić information content (AvgIpc) is 3.56. The molecular weight excluding hydrogens is 476 g/mol. The molecule has 0 bridgehead atoms. The maximum atomic E-state index is 13.8. The van der Waals surface area contributed by atoms with Gasteiger partial charge in [-0.05, 0) is 74.4 Å². The molecule has 1 fully saturated rings. The Labute approximate surface area is 216 Å². The molecule has 1 aliphatic carbocycles. The molecule has 0 spiro atoms. The van der Waals surface area contributed by atoms with E-state index in [1.54, 1.807) is 23.8 Å². The lowest BCUT2D eigenvalue weighted by Crippen LogP contribution is -2.20. The van der Waals surface area contributed by atoms with Crippen molar-refractivity contribution in [3.05, 3.63) is 87.5 Å². The maximum Gasteiger partial charge on any atom is 0.335 e. The lowest BCUT2D eigenvalue weighted by Gasteiger charge is -2.17. The predicted octanol–water partition coefficient (Wildman–Crippen LogP) is 5.67. The van der Waals surface area contributed by atoms with Gasteiger partial charge in [0.25, 0.3) is 0 Å². The Morgan fingerprint density at radius 1 is 1.14 bits per heavy atom. The number of methoxy groups -OCH3 is 1. The number of aromatic carboxylic acids is 1. The monoisotopic (exact) mass is 504 g/mol. The highest BCUT2D eigenvalue weighted by Gasteiger charge is 2.46. The number of carbonyl (C=O) groups excluding carboxylic acids is 1. The zero-order valence-electron chi connectivity index (χ0n) is 20.9. The summed E-state index contributed by atoms with van der Waals surface area (Å²) in [5.41, 5.74) is 3.01. The number of imidazole rings is 1. The van der Waals surface area contributed by atoms with Crippen LogP contribution in [0.25, 0.3) is 0 Å². The molecule has 0 amide bonds. The van der Waals surface area contributed by atoms with Crippen molar-refractivity contribution in [1.29, 1.82) is 0 Å². The van der Waals surface area contributed by atoms with Crippen LogP contribution in [0.2, 0.25) is 5.28 Å². The van der Waals surface area contributed by atoms with Crippen molar-refractivity contribution < 1.29 is 19.4 Å². The average molecular weight is 505 g/mol. The lowest BCUT2D eigenvalue weighted by atomic mass is 9.88. The molecule has 0 atom stereocenters. The number of hydrogen-bond acceptors (Lipinski definition) is 4. The van der Waals surface area contributed by atoms with Crippen LogP contribution in [0.4, 0.5) is 0 Å². The number of Topliss-reactive ketones (excluding diaryl/α,β-unsaturated/α-hetero) is 1. The van der Waals surface area contributed by atoms with E-state index in [1.165, 1.54) is 0 Å². The van der Waals surface area contributed by atoms with Crippen molar-refractivity contribution in [2.24, 2.45) is 0 Å². The normalized spacial score (nSPS) is 14.1. The molecule has 186 valence electrons. The zero-order valence-corrected chi connectivity index (χ0v) is 21.6. The van der Waals surface area contributed by atoms with Gasteiger partial charge >= 0.3 is 5.97 Å². The molecule has 0 saturated heterocycles. The highest BCUT2D eigenvalue weighted by molar-refractivity contribution is 6.29. The van der Waals surface area contributed by atoms with Gasteiger partial charge in [0.05, 0.1) is 12.1 Å². The molecule has 1 heterocycles. The third-order valence-corrected chi connectivity index (χ3v) is 7.02. The van der Waals surface area contributed by atoms with Crippen molar-refractivity contribution in [1.82, 2.24) is 9.55 Å². The fourth-order valence-corrected chi connectivity index (χ4v) is 4.38. The molecule has 1 N–H and O–H groups in total. The summed E-state index contributed by atoms with van der Waals surface area (Å²) in [4.78, 5) is 29.5. The minimum absolute atomic E-state index is 0.0964. The number of aryl methyl sites for hydroxylation is 1. The summed E-state index contributed by atoms with van der Waals surface area (Å²) in [6.45, 7) is 6.09. The Morgan fingerprint density at radius 2 is 1.78 bits per heavy atom. The third kappa shape index (κ3) is 5.53. The summed E-state index contributed by atoms with van der Waals surface area (Å²) in [7, 11) is 1.58. The van der Waals surface area contributed by atoms with Crippen LogP contribution in [-0.4, -0.2) is 39.1 Å². The highest BCUT2D eigenvalue weighted by atomic mass is 35.5. The molecule has 7 heteroatoms. The second-order valence-corrected chi connectivity index (χ2v) is 10.2. The maximum absolute atomic E-state index is 13.8. The van der Waals surface area contributed by atoms with E-state index in [0.29, 0.717) is 17.9 Å². The van der Waals surface area contributed by atoms with E-state index >= 15 is 0 Å². The molecule has 1 aliphatic rings. The fraction of sp³-hybridized carbons (Fsp3) is 0.345. The molecule has 4 rings (SSSR count). The Morgan fingerprint density at radius 3 is 2.33 bits per heavy atom. The lowest BCUT2D eigenvalue weighted by molar-refractivity contribution is 0.0696. The summed E-state index contributed by atoms with van der Waals surface area (Å²) in [6.07, 6.45) is 1.96. The van der Waals surface area contributed by atoms with Crippen LogP contribution < -0.4 is 0 Å². The molecule has 36 heavy (non-hydrogen) atoms. The molecule has 2 aromatic carbocycles. The number of benzene rings is 2. The minimum Gasteiger partial charge on any atom is -0.478 e. The summed E-state index contributed by atoms with van der Waals surface area (Å²) in [6, 6.07) is 14.8. The molecule has 0 radical (unpaired) electrons. The van der Waals surface area contributed by atoms with Gasteiger partial charge in [0, 0.05) is 18.9 Å². The molecule has 1 aromatic heterocycles. The molecular formula is C29H29ClN2O4. The van der Waals surface area contributed by atoms with Gasteiger partial charge in [0.1, 0.15) is 17.0 Å². The van der Waals surface area contributed by atoms with Crippen LogP contribution in [-0.2, 0) is 16.7 Å². The van der Waals surface area contributed by atoms with Crippen molar-refractivity contribution in [2.75, 3.05) is 7.11 Å². The van der Waals surface area contributed by atoms with E-state index in [-0.39, 0.29) is 28.5 Å². The van der Waals surface area contributed by atoms with Crippen molar-refractivity contribution in [3.8, 4) is 11.8 Å². The first kappa shape index (κ1) is 25.7. The van der Waals surface area contributed by atoms with Gasteiger partial charge in [-0.2, -0.15) is 0 Å². The second kappa shape index (κ2) is 9.93. The van der Waals surface area contributed by atoms with Gasteiger partial charge in [-0.15, -0.1) is 0 Å². The smallest absolute Gasteiger partial charge is 0.335 e. The number of hydrogen-bond donors (Lipinski definition) is 1. The number of carboxylic acids is 1. The Hall–Kier alpha value is -3.40. The predicted molar refractivity (Wildman–Crippen MR) is 139 cm³/mol. The second-order valence-electron chi connectivity index (χ2n) is 9.88. The largest absolute Gasteiger partial charge is 0.478 e. The minimum atomic E-state index is -0.973. The number of halogens is 1. The number of ketones is 1. The summed E-state index contributed by atoms with van der Waals surface area (Å²) >= 11 is 6.56. The first-order valence-corrected chi connectivity index (χ1v) is 12.2. The fourth-order valence-electron chi connectivity index (χ4n) is 4.15. The van der Waals surface area contributed by atoms with E-state index < -0.39 is 11.6 Å². The number of carbonyl (C=O) groups is 2. The van der Waals surface area contributed by atoms with Crippen LogP contribution >= 0.6 is 11.6 Å². The number of carboxylic acid groups (broad SMARTS) is 1. The van der Waals surface area contributed by atoms with Gasteiger partial charge in [0.2, 0.25) is 5.28 Å². The number of ether oxygens (including phenoxy) is 1. The van der Waals surface area contributed by atoms with Gasteiger partial charge in [-0.3, -0.25) is 4.79 Å². The van der Waals surface area contributed by atoms with Gasteiger partial charge < -0.3 is 14.4 Å². The molecule has 6 nitrogen and oxygen atoms in total. The van der Waals surface area contributed by atoms with Crippen LogP contribution in [0.3, 0.4) is 0 Å². The summed E-state index contributed by atoms with van der Waals surface area (Å²) < 4.78 is 7.13. The first-order chi connectivity index (χ1) is 17.0. The topological polar surface area (TPSA) is 81.4 Å². The standard InChI is InChI=1S/C29H29ClN2O4/c1-19-5-7-20(8-6-19)18-32-25(23(31-27(32)30)13-14-28(2,3)36-4)24(33)17-29(15-16-29)22-11-9-21(10-12-22)26(34)35/h5-12H,15-18H2,1-4H3,(H,34,35). The summed E-state index contributed by atoms with van der Waals surface area (Å²) in [5.74, 6) is 5.01. The summed E-state index contributed by atoms with van der Waals surface area (Å²) in [5, 5.41) is 9.42. The zero-order chi connectivity index (χ0) is 26.1. The van der Waals surface area contributed by atoms with Gasteiger partial charge in [-0.25, -0.2) is 9.78 Å². The third-order valence-electron chi connectivity index (χ3n) is 6.74. The van der Waals surface area contributed by atoms with E-state index in [2.05, 4.69) is 16.8 Å². The van der Waals surface area contributed by atoms with E-state index in [1.807, 2.05) is 57.2 Å². The molecule has 1 saturated carbocycles. The number of nitrogens with zero attached hydrogens (tertiary/aromatic N) is 2. The van der Waals surface area contributed by atoms with Crippen LogP contribution in [0.5, 0.6) is 0 Å². The van der Waals surface area contributed by atoms with E-state index in [4.69, 9.17) is 16.3 Å². The van der Waals surface area contributed by atoms with Crippen molar-refractivity contribution in [3.63, 3.8) is 0 Å². The van der Waals surface area contributed by atoms with Crippen LogP contribution in [0, 0.1) is 18.8 Å². The Bertz CT molecular complexity index is 1360. The number of rotatable bonds is 8. The van der Waals surface area contributed by atoms with Crippen molar-refractivity contribution >= 4 is 23.4 Å². The number of aromatic nitrogens is 2. The molecule has 3 aromatic rings.